The van der Waals surface area contributed by atoms with Crippen molar-refractivity contribution in [1.29, 1.82) is 0 Å². The van der Waals surface area contributed by atoms with E-state index in [4.69, 9.17) is 46.4 Å². The Kier molecular flexibility index (Phi) is 4.68. The molecular weight excluding hydrogens is 322 g/mol. The van der Waals surface area contributed by atoms with E-state index in [0.717, 1.165) is 22.3 Å². The Morgan fingerprint density at radius 3 is 2.05 bits per heavy atom. The van der Waals surface area contributed by atoms with Crippen molar-refractivity contribution in [2.24, 2.45) is 0 Å². The van der Waals surface area contributed by atoms with Crippen LogP contribution < -0.4 is 0 Å². The van der Waals surface area contributed by atoms with Crippen LogP contribution in [0.1, 0.15) is 27.6 Å². The van der Waals surface area contributed by atoms with E-state index in [1.54, 1.807) is 18.2 Å². The summed E-state index contributed by atoms with van der Waals surface area (Å²) in [6.45, 7) is 4.04. The molecule has 0 aromatic heterocycles. The van der Waals surface area contributed by atoms with Crippen molar-refractivity contribution in [2.45, 2.75) is 19.2 Å². The highest BCUT2D eigenvalue weighted by atomic mass is 35.5. The zero-order valence-corrected chi connectivity index (χ0v) is 13.5. The minimum absolute atomic E-state index is 0.419. The molecule has 100 valence electrons. The third-order valence-electron chi connectivity index (χ3n) is 3.12. The largest absolute Gasteiger partial charge is 0.112 e. The topological polar surface area (TPSA) is 0 Å². The number of aryl methyl sites for hydroxylation is 2. The third-order valence-corrected chi connectivity index (χ3v) is 4.49. The molecule has 0 fully saturated rings. The van der Waals surface area contributed by atoms with E-state index in [1.165, 1.54) is 0 Å². The Morgan fingerprint density at radius 2 is 1.37 bits per heavy atom. The maximum atomic E-state index is 6.51. The second-order valence-corrected chi connectivity index (χ2v) is 6.17. The molecule has 19 heavy (non-hydrogen) atoms. The fourth-order valence-electron chi connectivity index (χ4n) is 1.87. The summed E-state index contributed by atoms with van der Waals surface area (Å²) >= 11 is 25.0. The van der Waals surface area contributed by atoms with Gasteiger partial charge in [0, 0.05) is 15.1 Å². The van der Waals surface area contributed by atoms with E-state index >= 15 is 0 Å². The van der Waals surface area contributed by atoms with E-state index in [-0.39, 0.29) is 0 Å². The molecule has 0 amide bonds. The predicted octanol–water partition coefficient (Wildman–Crippen LogP) is 6.59. The van der Waals surface area contributed by atoms with Crippen LogP contribution in [0.2, 0.25) is 15.1 Å². The Hall–Kier alpha value is -0.400. The normalized spacial score (nSPS) is 12.5. The van der Waals surface area contributed by atoms with Gasteiger partial charge < -0.3 is 0 Å². The van der Waals surface area contributed by atoms with Crippen molar-refractivity contribution in [2.75, 3.05) is 0 Å². The number of hydrogen-bond donors (Lipinski definition) is 0. The molecule has 2 aromatic rings. The van der Waals surface area contributed by atoms with Crippen LogP contribution in [0, 0.1) is 13.8 Å². The molecule has 0 nitrogen and oxygen atoms in total. The Balaban J connectivity index is 2.52. The van der Waals surface area contributed by atoms with Crippen LogP contribution in [0.3, 0.4) is 0 Å². The number of hydrogen-bond acceptors (Lipinski definition) is 0. The van der Waals surface area contributed by atoms with Gasteiger partial charge in [0.05, 0.1) is 5.38 Å². The van der Waals surface area contributed by atoms with Crippen LogP contribution in [-0.4, -0.2) is 0 Å². The first kappa shape index (κ1) is 15.0. The monoisotopic (exact) mass is 332 g/mol. The number of alkyl halides is 1. The minimum Gasteiger partial charge on any atom is -0.112 e. The van der Waals surface area contributed by atoms with Gasteiger partial charge in [-0.1, -0.05) is 40.9 Å². The van der Waals surface area contributed by atoms with E-state index in [0.29, 0.717) is 15.1 Å². The van der Waals surface area contributed by atoms with Gasteiger partial charge in [-0.25, -0.2) is 0 Å². The number of halogens is 4. The van der Waals surface area contributed by atoms with Crippen LogP contribution >= 0.6 is 46.4 Å². The Bertz CT molecular complexity index is 620. The lowest BCUT2D eigenvalue weighted by atomic mass is 10.00. The van der Waals surface area contributed by atoms with Gasteiger partial charge in [0.15, 0.2) is 0 Å². The summed E-state index contributed by atoms with van der Waals surface area (Å²) in [4.78, 5) is 0. The van der Waals surface area contributed by atoms with Gasteiger partial charge in [0.1, 0.15) is 0 Å². The molecule has 0 heterocycles. The highest BCUT2D eigenvalue weighted by Gasteiger charge is 2.18. The van der Waals surface area contributed by atoms with Crippen molar-refractivity contribution in [3.63, 3.8) is 0 Å². The average molecular weight is 334 g/mol. The minimum atomic E-state index is -0.419. The van der Waals surface area contributed by atoms with E-state index in [2.05, 4.69) is 0 Å². The first-order chi connectivity index (χ1) is 8.90. The van der Waals surface area contributed by atoms with Crippen LogP contribution in [-0.2, 0) is 0 Å². The standard InChI is InChI=1S/C15H12Cl4/c1-8-5-11(14(18)6-9(8)2)15(19)12-7-10(16)3-4-13(12)17/h3-7,15H,1-2H3. The molecule has 0 aliphatic heterocycles. The molecule has 0 aliphatic rings. The highest BCUT2D eigenvalue weighted by molar-refractivity contribution is 6.36. The van der Waals surface area contributed by atoms with Crippen LogP contribution in [0.25, 0.3) is 0 Å². The summed E-state index contributed by atoms with van der Waals surface area (Å²) in [5, 5.41) is 1.40. The molecule has 1 unspecified atom stereocenters. The summed E-state index contributed by atoms with van der Waals surface area (Å²) < 4.78 is 0. The first-order valence-electron chi connectivity index (χ1n) is 5.76. The molecule has 0 aliphatic carbocycles. The average Bonchev–Trinajstić information content (AvgIpc) is 2.36. The molecule has 4 heteroatoms. The molecule has 0 saturated heterocycles. The summed E-state index contributed by atoms with van der Waals surface area (Å²) in [7, 11) is 0. The molecule has 0 spiro atoms. The Morgan fingerprint density at radius 1 is 0.789 bits per heavy atom. The summed E-state index contributed by atoms with van der Waals surface area (Å²) in [6, 6.07) is 9.16. The zero-order chi connectivity index (χ0) is 14.2. The first-order valence-corrected chi connectivity index (χ1v) is 7.33. The van der Waals surface area contributed by atoms with Crippen molar-refractivity contribution >= 4 is 46.4 Å². The van der Waals surface area contributed by atoms with Crippen molar-refractivity contribution in [1.82, 2.24) is 0 Å². The summed E-state index contributed by atoms with van der Waals surface area (Å²) in [5.41, 5.74) is 3.88. The fourth-order valence-corrected chi connectivity index (χ4v) is 3.08. The quantitative estimate of drug-likeness (QED) is 0.543. The predicted molar refractivity (Wildman–Crippen MR) is 85.1 cm³/mol. The molecule has 0 radical (unpaired) electrons. The summed E-state index contributed by atoms with van der Waals surface area (Å²) in [5.74, 6) is 0. The lowest BCUT2D eigenvalue weighted by molar-refractivity contribution is 1.12. The zero-order valence-electron chi connectivity index (χ0n) is 10.5. The fraction of sp³-hybridized carbons (Fsp3) is 0.200. The van der Waals surface area contributed by atoms with Crippen molar-refractivity contribution < 1.29 is 0 Å². The van der Waals surface area contributed by atoms with Crippen LogP contribution in [0.5, 0.6) is 0 Å². The molecule has 0 bridgehead atoms. The smallest absolute Gasteiger partial charge is 0.0864 e. The van der Waals surface area contributed by atoms with Gasteiger partial charge in [-0.05, 0) is 60.4 Å². The van der Waals surface area contributed by atoms with E-state index in [9.17, 15) is 0 Å². The van der Waals surface area contributed by atoms with Gasteiger partial charge in [-0.2, -0.15) is 0 Å². The van der Waals surface area contributed by atoms with Gasteiger partial charge in [0.2, 0.25) is 0 Å². The van der Waals surface area contributed by atoms with Gasteiger partial charge in [0.25, 0.3) is 0 Å². The summed E-state index contributed by atoms with van der Waals surface area (Å²) in [6.07, 6.45) is 0. The lowest BCUT2D eigenvalue weighted by Gasteiger charge is -2.16. The van der Waals surface area contributed by atoms with E-state index < -0.39 is 5.38 Å². The van der Waals surface area contributed by atoms with Gasteiger partial charge >= 0.3 is 0 Å². The molecular formula is C15H12Cl4. The maximum Gasteiger partial charge on any atom is 0.0864 e. The SMILES string of the molecule is Cc1cc(Cl)c(C(Cl)c2cc(Cl)ccc2Cl)cc1C. The lowest BCUT2D eigenvalue weighted by Crippen LogP contribution is -1.97. The molecule has 0 saturated carbocycles. The molecule has 0 N–H and O–H groups in total. The highest BCUT2D eigenvalue weighted by Crippen LogP contribution is 2.39. The maximum absolute atomic E-state index is 6.51. The van der Waals surface area contributed by atoms with Gasteiger partial charge in [-0.3, -0.25) is 0 Å². The number of benzene rings is 2. The molecule has 1 atom stereocenters. The van der Waals surface area contributed by atoms with Crippen molar-refractivity contribution in [3.05, 3.63) is 67.7 Å². The molecule has 2 aromatic carbocycles. The second kappa shape index (κ2) is 5.93. The second-order valence-electron chi connectivity index (χ2n) is 4.49. The van der Waals surface area contributed by atoms with Crippen LogP contribution in [0.4, 0.5) is 0 Å². The third kappa shape index (κ3) is 3.20. The Labute approximate surface area is 133 Å². The van der Waals surface area contributed by atoms with E-state index in [1.807, 2.05) is 26.0 Å². The van der Waals surface area contributed by atoms with Crippen molar-refractivity contribution in [3.8, 4) is 0 Å². The number of rotatable bonds is 2. The molecule has 2 rings (SSSR count). The van der Waals surface area contributed by atoms with Gasteiger partial charge in [-0.15, -0.1) is 11.6 Å². The van der Waals surface area contributed by atoms with Crippen LogP contribution in [0.15, 0.2) is 30.3 Å².